The molecule has 4 heteroatoms. The maximum atomic E-state index is 5.11. The number of aromatic nitrogens is 2. The minimum atomic E-state index is 0.307. The molecule has 1 fully saturated rings. The average Bonchev–Trinajstić information content (AvgIpc) is 2.75. The van der Waals surface area contributed by atoms with Gasteiger partial charge in [0, 0.05) is 12.0 Å². The van der Waals surface area contributed by atoms with E-state index >= 15 is 0 Å². The van der Waals surface area contributed by atoms with Crippen LogP contribution in [-0.2, 0) is 0 Å². The van der Waals surface area contributed by atoms with Gasteiger partial charge in [0.15, 0.2) is 0 Å². The maximum Gasteiger partial charge on any atom is 0.263 e. The van der Waals surface area contributed by atoms with Crippen LogP contribution >= 0.6 is 0 Å². The van der Waals surface area contributed by atoms with Crippen LogP contribution in [-0.4, -0.2) is 16.2 Å². The third-order valence-electron chi connectivity index (χ3n) is 2.62. The summed E-state index contributed by atoms with van der Waals surface area (Å²) in [6.07, 6.45) is 5.08. The summed E-state index contributed by atoms with van der Waals surface area (Å²) >= 11 is 0. The second kappa shape index (κ2) is 3.98. The van der Waals surface area contributed by atoms with Crippen LogP contribution in [0.2, 0.25) is 0 Å². The van der Waals surface area contributed by atoms with Crippen molar-refractivity contribution >= 4 is 5.95 Å². The van der Waals surface area contributed by atoms with Gasteiger partial charge in [-0.3, -0.25) is 0 Å². The number of hydrogen-bond acceptors (Lipinski definition) is 4. The number of hydrogen-bond donors (Lipinski definition) is 1. The van der Waals surface area contributed by atoms with Crippen molar-refractivity contribution in [1.29, 1.82) is 0 Å². The van der Waals surface area contributed by atoms with Gasteiger partial charge in [0.05, 0.1) is 0 Å². The van der Waals surface area contributed by atoms with E-state index in [1.165, 1.54) is 25.7 Å². The van der Waals surface area contributed by atoms with E-state index in [4.69, 9.17) is 4.52 Å². The van der Waals surface area contributed by atoms with E-state index in [-0.39, 0.29) is 0 Å². The van der Waals surface area contributed by atoms with Crippen LogP contribution in [0.25, 0.3) is 0 Å². The smallest absolute Gasteiger partial charge is 0.263 e. The molecule has 1 aliphatic rings. The maximum absolute atomic E-state index is 5.11. The van der Waals surface area contributed by atoms with Gasteiger partial charge in [-0.15, -0.1) is 0 Å². The van der Waals surface area contributed by atoms with Gasteiger partial charge in [-0.05, 0) is 18.0 Å². The highest BCUT2D eigenvalue weighted by atomic mass is 16.5. The summed E-state index contributed by atoms with van der Waals surface area (Å²) in [6, 6.07) is 0.549. The number of rotatable bonds is 3. The Morgan fingerprint density at radius 1 is 1.36 bits per heavy atom. The Morgan fingerprint density at radius 2 is 2.07 bits per heavy atom. The van der Waals surface area contributed by atoms with Crippen molar-refractivity contribution in [3.05, 3.63) is 5.89 Å². The first-order chi connectivity index (χ1) is 6.75. The second-order valence-electron chi connectivity index (χ2n) is 4.24. The van der Waals surface area contributed by atoms with Crippen LogP contribution in [0, 0.1) is 0 Å². The largest absolute Gasteiger partial charge is 0.349 e. The molecular weight excluding hydrogens is 178 g/mol. The van der Waals surface area contributed by atoms with E-state index in [0.29, 0.717) is 23.8 Å². The molecule has 0 aromatic carbocycles. The lowest BCUT2D eigenvalue weighted by atomic mass is 10.2. The molecule has 1 saturated carbocycles. The number of nitrogens with zero attached hydrogens (tertiary/aromatic N) is 2. The molecule has 0 aliphatic heterocycles. The Bertz CT molecular complexity index is 289. The van der Waals surface area contributed by atoms with Crippen LogP contribution in [0.15, 0.2) is 4.52 Å². The molecule has 4 nitrogen and oxygen atoms in total. The summed E-state index contributed by atoms with van der Waals surface area (Å²) in [7, 11) is 0. The second-order valence-corrected chi connectivity index (χ2v) is 4.24. The van der Waals surface area contributed by atoms with Crippen molar-refractivity contribution in [1.82, 2.24) is 10.1 Å². The monoisotopic (exact) mass is 195 g/mol. The Hall–Kier alpha value is -1.06. The minimum Gasteiger partial charge on any atom is -0.349 e. The van der Waals surface area contributed by atoms with Gasteiger partial charge in [0.2, 0.25) is 5.89 Å². The SMILES string of the molecule is CC(C)c1nc(NC2CCCC2)no1. The normalized spacial score (nSPS) is 17.9. The van der Waals surface area contributed by atoms with E-state index < -0.39 is 0 Å². The first-order valence-electron chi connectivity index (χ1n) is 5.36. The Balaban J connectivity index is 1.95. The molecule has 2 rings (SSSR count). The summed E-state index contributed by atoms with van der Waals surface area (Å²) in [4.78, 5) is 4.28. The van der Waals surface area contributed by atoms with Crippen molar-refractivity contribution in [3.8, 4) is 0 Å². The molecule has 0 unspecified atom stereocenters. The van der Waals surface area contributed by atoms with Crippen LogP contribution in [0.5, 0.6) is 0 Å². The van der Waals surface area contributed by atoms with Gasteiger partial charge in [0.1, 0.15) is 0 Å². The average molecular weight is 195 g/mol. The highest BCUT2D eigenvalue weighted by Crippen LogP contribution is 2.21. The van der Waals surface area contributed by atoms with E-state index in [0.717, 1.165) is 0 Å². The molecule has 0 amide bonds. The summed E-state index contributed by atoms with van der Waals surface area (Å²) in [5.41, 5.74) is 0. The molecule has 0 radical (unpaired) electrons. The Morgan fingerprint density at radius 3 is 2.64 bits per heavy atom. The van der Waals surface area contributed by atoms with Crippen LogP contribution in [0.3, 0.4) is 0 Å². The standard InChI is InChI=1S/C10H17N3O/c1-7(2)9-12-10(13-14-9)11-8-5-3-4-6-8/h7-8H,3-6H2,1-2H3,(H,11,13). The fourth-order valence-electron chi connectivity index (χ4n) is 1.78. The first-order valence-corrected chi connectivity index (χ1v) is 5.36. The third-order valence-corrected chi connectivity index (χ3v) is 2.62. The lowest BCUT2D eigenvalue weighted by Gasteiger charge is -2.07. The van der Waals surface area contributed by atoms with Gasteiger partial charge in [-0.25, -0.2) is 0 Å². The molecule has 0 atom stereocenters. The Labute approximate surface area is 84.1 Å². The predicted molar refractivity (Wildman–Crippen MR) is 54.3 cm³/mol. The van der Waals surface area contributed by atoms with Crippen molar-refractivity contribution in [2.75, 3.05) is 5.32 Å². The molecule has 0 spiro atoms. The minimum absolute atomic E-state index is 0.307. The van der Waals surface area contributed by atoms with Crippen molar-refractivity contribution in [3.63, 3.8) is 0 Å². The van der Waals surface area contributed by atoms with E-state index in [1.807, 2.05) is 13.8 Å². The first kappa shape index (κ1) is 9.49. The van der Waals surface area contributed by atoms with Crippen molar-refractivity contribution < 1.29 is 4.52 Å². The molecule has 0 saturated heterocycles. The number of nitrogens with one attached hydrogen (secondary N) is 1. The number of anilines is 1. The molecule has 1 aromatic rings. The summed E-state index contributed by atoms with van der Waals surface area (Å²) in [6.45, 7) is 4.10. The van der Waals surface area contributed by atoms with Crippen LogP contribution < -0.4 is 5.32 Å². The highest BCUT2D eigenvalue weighted by Gasteiger charge is 2.17. The zero-order valence-electron chi connectivity index (χ0n) is 8.79. The molecular formula is C10H17N3O. The topological polar surface area (TPSA) is 51.0 Å². The van der Waals surface area contributed by atoms with E-state index in [1.54, 1.807) is 0 Å². The third kappa shape index (κ3) is 2.05. The summed E-state index contributed by atoms with van der Waals surface area (Å²) in [5.74, 6) is 1.67. The lowest BCUT2D eigenvalue weighted by Crippen LogP contribution is -2.15. The molecule has 0 bridgehead atoms. The zero-order chi connectivity index (χ0) is 9.97. The van der Waals surface area contributed by atoms with Gasteiger partial charge in [-0.1, -0.05) is 26.7 Å². The predicted octanol–water partition coefficient (Wildman–Crippen LogP) is 2.55. The molecule has 1 aliphatic carbocycles. The summed E-state index contributed by atoms with van der Waals surface area (Å²) < 4.78 is 5.11. The van der Waals surface area contributed by atoms with E-state index in [2.05, 4.69) is 15.5 Å². The van der Waals surface area contributed by atoms with Gasteiger partial charge < -0.3 is 9.84 Å². The van der Waals surface area contributed by atoms with Gasteiger partial charge >= 0.3 is 0 Å². The van der Waals surface area contributed by atoms with Crippen molar-refractivity contribution in [2.45, 2.75) is 51.5 Å². The zero-order valence-corrected chi connectivity index (χ0v) is 8.79. The lowest BCUT2D eigenvalue weighted by molar-refractivity contribution is 0.365. The van der Waals surface area contributed by atoms with E-state index in [9.17, 15) is 0 Å². The van der Waals surface area contributed by atoms with Crippen molar-refractivity contribution in [2.24, 2.45) is 0 Å². The molecule has 14 heavy (non-hydrogen) atoms. The fraction of sp³-hybridized carbons (Fsp3) is 0.800. The quantitative estimate of drug-likeness (QED) is 0.805. The van der Waals surface area contributed by atoms with Crippen LogP contribution in [0.4, 0.5) is 5.95 Å². The fourth-order valence-corrected chi connectivity index (χ4v) is 1.78. The Kier molecular flexibility index (Phi) is 2.70. The highest BCUT2D eigenvalue weighted by molar-refractivity contribution is 5.24. The van der Waals surface area contributed by atoms with Gasteiger partial charge in [-0.2, -0.15) is 4.98 Å². The molecule has 78 valence electrons. The molecule has 1 heterocycles. The van der Waals surface area contributed by atoms with Crippen LogP contribution in [0.1, 0.15) is 51.3 Å². The summed E-state index contributed by atoms with van der Waals surface area (Å²) in [5, 5.41) is 7.20. The molecule has 1 aromatic heterocycles. The molecule has 1 N–H and O–H groups in total. The van der Waals surface area contributed by atoms with Gasteiger partial charge in [0.25, 0.3) is 5.95 Å².